The van der Waals surface area contributed by atoms with Crippen LogP contribution in [0.1, 0.15) is 17.1 Å². The number of hydrogen-bond donors (Lipinski definition) is 1. The van der Waals surface area contributed by atoms with Gasteiger partial charge in [-0.2, -0.15) is 0 Å². The van der Waals surface area contributed by atoms with Crippen molar-refractivity contribution in [2.45, 2.75) is 19.8 Å². The number of H-pyrrole nitrogens is 1. The second-order valence-corrected chi connectivity index (χ2v) is 5.57. The topological polar surface area (TPSA) is 33.6 Å². The molecular formula is C15H16BrN3. The Morgan fingerprint density at radius 2 is 2.05 bits per heavy atom. The summed E-state index contributed by atoms with van der Waals surface area (Å²) in [6, 6.07) is 8.43. The SMILES string of the molecule is Cc1nc(Br)c(CCc2c[nH]c3ccccc23)n1C. The lowest BCUT2D eigenvalue weighted by atomic mass is 10.1. The second kappa shape index (κ2) is 4.85. The lowest BCUT2D eigenvalue weighted by molar-refractivity contribution is 0.772. The maximum Gasteiger partial charge on any atom is 0.127 e. The smallest absolute Gasteiger partial charge is 0.127 e. The third-order valence-corrected chi connectivity index (χ3v) is 4.33. The molecule has 4 heteroatoms. The Morgan fingerprint density at radius 1 is 1.26 bits per heavy atom. The molecule has 0 aliphatic carbocycles. The minimum absolute atomic E-state index is 0.965. The van der Waals surface area contributed by atoms with E-state index in [0.29, 0.717) is 0 Å². The van der Waals surface area contributed by atoms with E-state index in [4.69, 9.17) is 0 Å². The van der Waals surface area contributed by atoms with Crippen LogP contribution in [0.2, 0.25) is 0 Å². The molecule has 0 unspecified atom stereocenters. The van der Waals surface area contributed by atoms with Gasteiger partial charge in [0.05, 0.1) is 5.69 Å². The summed E-state index contributed by atoms with van der Waals surface area (Å²) in [6.07, 6.45) is 4.11. The van der Waals surface area contributed by atoms with Crippen molar-refractivity contribution in [3.05, 3.63) is 52.1 Å². The van der Waals surface area contributed by atoms with Gasteiger partial charge < -0.3 is 9.55 Å². The van der Waals surface area contributed by atoms with Crippen LogP contribution in [0.3, 0.4) is 0 Å². The van der Waals surface area contributed by atoms with Gasteiger partial charge in [-0.1, -0.05) is 18.2 Å². The number of aromatic nitrogens is 3. The molecule has 0 saturated heterocycles. The van der Waals surface area contributed by atoms with Crippen LogP contribution in [0.4, 0.5) is 0 Å². The van der Waals surface area contributed by atoms with E-state index in [2.05, 4.69) is 68.0 Å². The number of hydrogen-bond acceptors (Lipinski definition) is 1. The zero-order valence-corrected chi connectivity index (χ0v) is 12.7. The minimum atomic E-state index is 0.965. The Bertz CT molecular complexity index is 724. The highest BCUT2D eigenvalue weighted by atomic mass is 79.9. The number of nitrogens with one attached hydrogen (secondary N) is 1. The Labute approximate surface area is 120 Å². The number of aryl methyl sites for hydroxylation is 2. The molecule has 0 amide bonds. The Hall–Kier alpha value is -1.55. The molecule has 0 aliphatic heterocycles. The number of benzene rings is 1. The van der Waals surface area contributed by atoms with Crippen LogP contribution in [0.5, 0.6) is 0 Å². The molecule has 0 spiro atoms. The predicted octanol–water partition coefficient (Wildman–Crippen LogP) is 3.76. The third kappa shape index (κ3) is 2.21. The van der Waals surface area contributed by atoms with Crippen molar-refractivity contribution >= 4 is 26.8 Å². The molecule has 19 heavy (non-hydrogen) atoms. The first-order valence-electron chi connectivity index (χ1n) is 6.39. The molecule has 0 aliphatic rings. The maximum atomic E-state index is 4.44. The summed E-state index contributed by atoms with van der Waals surface area (Å²) in [4.78, 5) is 7.77. The zero-order valence-electron chi connectivity index (χ0n) is 11.1. The van der Waals surface area contributed by atoms with Crippen molar-refractivity contribution in [2.24, 2.45) is 7.05 Å². The van der Waals surface area contributed by atoms with Gasteiger partial charge in [-0.15, -0.1) is 0 Å². The van der Waals surface area contributed by atoms with Gasteiger partial charge >= 0.3 is 0 Å². The van der Waals surface area contributed by atoms with Crippen molar-refractivity contribution in [3.63, 3.8) is 0 Å². The number of aromatic amines is 1. The molecule has 1 N–H and O–H groups in total. The molecule has 3 nitrogen and oxygen atoms in total. The summed E-state index contributed by atoms with van der Waals surface area (Å²) < 4.78 is 3.12. The molecule has 3 aromatic rings. The van der Waals surface area contributed by atoms with Crippen molar-refractivity contribution in [2.75, 3.05) is 0 Å². The van der Waals surface area contributed by atoms with Crippen LogP contribution < -0.4 is 0 Å². The summed E-state index contributed by atoms with van der Waals surface area (Å²) in [5.41, 5.74) is 3.82. The van der Waals surface area contributed by atoms with Crippen molar-refractivity contribution in [1.29, 1.82) is 0 Å². The van der Waals surface area contributed by atoms with E-state index in [1.165, 1.54) is 22.2 Å². The number of fused-ring (bicyclic) bond motifs is 1. The van der Waals surface area contributed by atoms with E-state index in [1.54, 1.807) is 0 Å². The zero-order chi connectivity index (χ0) is 13.4. The van der Waals surface area contributed by atoms with Gasteiger partial charge in [0.25, 0.3) is 0 Å². The van der Waals surface area contributed by atoms with E-state index in [9.17, 15) is 0 Å². The molecule has 0 fully saturated rings. The highest BCUT2D eigenvalue weighted by Gasteiger charge is 2.11. The minimum Gasteiger partial charge on any atom is -0.361 e. The van der Waals surface area contributed by atoms with Crippen LogP contribution in [-0.2, 0) is 19.9 Å². The first-order valence-corrected chi connectivity index (χ1v) is 7.19. The number of nitrogens with zero attached hydrogens (tertiary/aromatic N) is 2. The number of rotatable bonds is 3. The van der Waals surface area contributed by atoms with Gasteiger partial charge in [0.15, 0.2) is 0 Å². The second-order valence-electron chi connectivity index (χ2n) is 4.82. The summed E-state index contributed by atoms with van der Waals surface area (Å²) in [5.74, 6) is 1.04. The van der Waals surface area contributed by atoms with Gasteiger partial charge in [-0.05, 0) is 47.3 Å². The van der Waals surface area contributed by atoms with Gasteiger partial charge in [0.2, 0.25) is 0 Å². The van der Waals surface area contributed by atoms with Gasteiger partial charge in [-0.25, -0.2) is 4.98 Å². The normalized spacial score (nSPS) is 11.3. The monoisotopic (exact) mass is 317 g/mol. The summed E-state index contributed by atoms with van der Waals surface area (Å²) >= 11 is 3.54. The Balaban J connectivity index is 1.86. The molecule has 3 rings (SSSR count). The van der Waals surface area contributed by atoms with Crippen LogP contribution in [0, 0.1) is 6.92 Å². The summed E-state index contributed by atoms with van der Waals surface area (Å²) in [5, 5.41) is 1.32. The van der Waals surface area contributed by atoms with E-state index in [0.717, 1.165) is 23.3 Å². The highest BCUT2D eigenvalue weighted by molar-refractivity contribution is 9.10. The first kappa shape index (κ1) is 12.5. The quantitative estimate of drug-likeness (QED) is 0.784. The third-order valence-electron chi connectivity index (χ3n) is 3.69. The molecule has 1 aromatic carbocycles. The maximum absolute atomic E-state index is 4.44. The van der Waals surface area contributed by atoms with E-state index in [-0.39, 0.29) is 0 Å². The Morgan fingerprint density at radius 3 is 2.79 bits per heavy atom. The van der Waals surface area contributed by atoms with E-state index < -0.39 is 0 Å². The van der Waals surface area contributed by atoms with Crippen molar-refractivity contribution in [1.82, 2.24) is 14.5 Å². The van der Waals surface area contributed by atoms with Gasteiger partial charge in [-0.3, -0.25) is 0 Å². The molecule has 0 radical (unpaired) electrons. The van der Waals surface area contributed by atoms with Crippen LogP contribution in [0.15, 0.2) is 35.1 Å². The highest BCUT2D eigenvalue weighted by Crippen LogP contribution is 2.22. The lowest BCUT2D eigenvalue weighted by Crippen LogP contribution is -2.00. The number of halogens is 1. The molecule has 2 aromatic heterocycles. The fraction of sp³-hybridized carbons (Fsp3) is 0.267. The molecule has 0 saturated carbocycles. The van der Waals surface area contributed by atoms with Gasteiger partial charge in [0, 0.05) is 24.1 Å². The lowest BCUT2D eigenvalue weighted by Gasteiger charge is -2.04. The fourth-order valence-electron chi connectivity index (χ4n) is 2.48. The van der Waals surface area contributed by atoms with Crippen LogP contribution >= 0.6 is 15.9 Å². The predicted molar refractivity (Wildman–Crippen MR) is 81.4 cm³/mol. The van der Waals surface area contributed by atoms with Crippen LogP contribution in [0.25, 0.3) is 10.9 Å². The van der Waals surface area contributed by atoms with E-state index in [1.807, 2.05) is 6.92 Å². The molecule has 2 heterocycles. The average Bonchev–Trinajstić information content (AvgIpc) is 2.91. The van der Waals surface area contributed by atoms with Crippen molar-refractivity contribution in [3.8, 4) is 0 Å². The molecule has 0 bridgehead atoms. The van der Waals surface area contributed by atoms with Gasteiger partial charge in [0.1, 0.15) is 10.4 Å². The molecule has 0 atom stereocenters. The summed E-state index contributed by atoms with van der Waals surface area (Å²) in [7, 11) is 2.07. The largest absolute Gasteiger partial charge is 0.361 e. The van der Waals surface area contributed by atoms with Crippen molar-refractivity contribution < 1.29 is 0 Å². The number of para-hydroxylation sites is 1. The van der Waals surface area contributed by atoms with Crippen LogP contribution in [-0.4, -0.2) is 14.5 Å². The average molecular weight is 318 g/mol. The van der Waals surface area contributed by atoms with E-state index >= 15 is 0 Å². The summed E-state index contributed by atoms with van der Waals surface area (Å²) in [6.45, 7) is 2.03. The first-order chi connectivity index (χ1) is 9.16. The Kier molecular flexibility index (Phi) is 3.19. The standard InChI is InChI=1S/C15H16BrN3/c1-10-18-15(16)14(19(10)2)8-7-11-9-17-13-6-4-3-5-12(11)13/h3-6,9,17H,7-8H2,1-2H3. The molecular weight excluding hydrogens is 302 g/mol. The number of imidazole rings is 1. The fourth-order valence-corrected chi connectivity index (χ4v) is 3.20. The molecule has 98 valence electrons.